The second-order valence-electron chi connectivity index (χ2n) is 5.96. The van der Waals surface area contributed by atoms with Gasteiger partial charge in [0.15, 0.2) is 0 Å². The molecule has 164 valence electrons. The van der Waals surface area contributed by atoms with E-state index in [0.717, 1.165) is 0 Å². The molecule has 2 heterocycles. The second kappa shape index (κ2) is 9.73. The van der Waals surface area contributed by atoms with Gasteiger partial charge >= 0.3 is 5.97 Å². The van der Waals surface area contributed by atoms with E-state index in [-0.39, 0.29) is 37.3 Å². The molecule has 3 rings (SSSR count). The Kier molecular flexibility index (Phi) is 7.04. The monoisotopic (exact) mass is 492 g/mol. The van der Waals surface area contributed by atoms with E-state index in [9.17, 15) is 23.3 Å². The predicted octanol–water partition coefficient (Wildman–Crippen LogP) is 3.34. The average molecular weight is 493 g/mol. The second-order valence-corrected chi connectivity index (χ2v) is 9.79. The summed E-state index contributed by atoms with van der Waals surface area (Å²) in [7, 11) is -3.56. The third-order valence-corrected chi connectivity index (χ3v) is 7.14. The van der Waals surface area contributed by atoms with Crippen LogP contribution in [0.5, 0.6) is 5.75 Å². The molecule has 1 aromatic carbocycles. The van der Waals surface area contributed by atoms with Crippen LogP contribution in [-0.4, -0.2) is 36.2 Å². The normalized spacial score (nSPS) is 11.6. The highest BCUT2D eigenvalue weighted by Gasteiger charge is 2.20. The van der Waals surface area contributed by atoms with Gasteiger partial charge in [-0.05, 0) is 35.9 Å². The highest BCUT2D eigenvalue weighted by Crippen LogP contribution is 2.28. The highest BCUT2D eigenvalue weighted by atomic mass is 35.5. The molecule has 0 spiro atoms. The van der Waals surface area contributed by atoms with Crippen molar-refractivity contribution in [1.82, 2.24) is 10.2 Å². The largest absolute Gasteiger partial charge is 0.457 e. The van der Waals surface area contributed by atoms with Gasteiger partial charge in [-0.3, -0.25) is 10.1 Å². The number of carbonyl (C=O) groups excluding carboxylic acids is 2. The molecule has 0 aliphatic rings. The first-order chi connectivity index (χ1) is 15.2. The Hall–Kier alpha value is -3.53. The number of aromatic nitrogens is 2. The Balaban J connectivity index is 1.74. The molecule has 3 aromatic rings. The summed E-state index contributed by atoms with van der Waals surface area (Å²) >= 11 is 6.82. The molecule has 0 atom stereocenters. The number of ether oxygens (including phenoxy) is 1. The van der Waals surface area contributed by atoms with Crippen molar-refractivity contribution in [2.45, 2.75) is 11.3 Å². The molecule has 0 unspecified atom stereocenters. The lowest BCUT2D eigenvalue weighted by molar-refractivity contribution is -0.112. The number of rotatable bonds is 7. The zero-order valence-electron chi connectivity index (χ0n) is 16.2. The topological polar surface area (TPSA) is 152 Å². The smallest absolute Gasteiger partial charge is 0.379 e. The Labute approximate surface area is 191 Å². The van der Waals surface area contributed by atoms with Crippen LogP contribution in [-0.2, 0) is 14.6 Å². The highest BCUT2D eigenvalue weighted by molar-refractivity contribution is 7.93. The maximum absolute atomic E-state index is 12.4. The zero-order chi connectivity index (χ0) is 23.3. The Morgan fingerprint density at radius 1 is 1.34 bits per heavy atom. The van der Waals surface area contributed by atoms with Crippen molar-refractivity contribution < 1.29 is 27.2 Å². The van der Waals surface area contributed by atoms with Gasteiger partial charge in [-0.2, -0.15) is 5.26 Å². The number of benzene rings is 1. The first-order valence-corrected chi connectivity index (χ1v) is 11.6. The fraction of sp³-hybridized carbons (Fsp3) is 0.105. The van der Waals surface area contributed by atoms with Gasteiger partial charge in [-0.15, -0.1) is 10.2 Å². The van der Waals surface area contributed by atoms with Gasteiger partial charge in [0.25, 0.3) is 5.91 Å². The molecule has 1 amide bonds. The standard InChI is InChI=1S/C19H13ClN4O6S2/c1-2-32(27,28)19-24-23-18(31-19)22-16(25)12(10-21)8-11-5-6-14(13(20)9-11)30-17(26)15-4-3-7-29-15/h3-9H,2H2,1H3,(H,22,23,25). The maximum Gasteiger partial charge on any atom is 0.379 e. The van der Waals surface area contributed by atoms with Gasteiger partial charge in [0, 0.05) is 0 Å². The zero-order valence-corrected chi connectivity index (χ0v) is 18.6. The molecule has 10 nitrogen and oxygen atoms in total. The van der Waals surface area contributed by atoms with Crippen LogP contribution in [0.3, 0.4) is 0 Å². The number of nitriles is 1. The Morgan fingerprint density at radius 3 is 2.75 bits per heavy atom. The van der Waals surface area contributed by atoms with E-state index in [0.29, 0.717) is 16.9 Å². The SMILES string of the molecule is CCS(=O)(=O)c1nnc(NC(=O)C(C#N)=Cc2ccc(OC(=O)c3ccco3)c(Cl)c2)s1. The quantitative estimate of drug-likeness (QED) is 0.172. The summed E-state index contributed by atoms with van der Waals surface area (Å²) in [5, 5.41) is 18.8. The molecule has 0 radical (unpaired) electrons. The minimum atomic E-state index is -3.56. The third kappa shape index (κ3) is 5.38. The number of nitrogens with one attached hydrogen (secondary N) is 1. The average Bonchev–Trinajstić information content (AvgIpc) is 3.46. The van der Waals surface area contributed by atoms with Gasteiger partial charge in [0.1, 0.15) is 17.4 Å². The van der Waals surface area contributed by atoms with Crippen LogP contribution < -0.4 is 10.1 Å². The number of anilines is 1. The number of hydrogen-bond donors (Lipinski definition) is 1. The van der Waals surface area contributed by atoms with E-state index in [1.54, 1.807) is 6.07 Å². The van der Waals surface area contributed by atoms with E-state index in [2.05, 4.69) is 15.5 Å². The third-order valence-electron chi connectivity index (χ3n) is 3.83. The van der Waals surface area contributed by atoms with Crippen molar-refractivity contribution in [3.05, 3.63) is 58.5 Å². The molecular formula is C19H13ClN4O6S2. The summed E-state index contributed by atoms with van der Waals surface area (Å²) in [6.45, 7) is 1.46. The Bertz CT molecular complexity index is 1340. The summed E-state index contributed by atoms with van der Waals surface area (Å²) in [6, 6.07) is 9.00. The summed E-state index contributed by atoms with van der Waals surface area (Å²) in [5.41, 5.74) is 0.0857. The van der Waals surface area contributed by atoms with Gasteiger partial charge in [0.2, 0.25) is 25.1 Å². The van der Waals surface area contributed by atoms with Crippen LogP contribution in [0.4, 0.5) is 5.13 Å². The van der Waals surface area contributed by atoms with E-state index < -0.39 is 21.7 Å². The first-order valence-electron chi connectivity index (χ1n) is 8.78. The number of furan rings is 1. The van der Waals surface area contributed by atoms with E-state index in [1.165, 1.54) is 49.6 Å². The van der Waals surface area contributed by atoms with Gasteiger partial charge in [0.05, 0.1) is 17.0 Å². The molecule has 0 saturated carbocycles. The number of nitrogens with zero attached hydrogens (tertiary/aromatic N) is 3. The minimum absolute atomic E-state index is 0.0000439. The van der Waals surface area contributed by atoms with Crippen LogP contribution in [0.2, 0.25) is 5.02 Å². The van der Waals surface area contributed by atoms with Crippen molar-refractivity contribution >= 4 is 55.9 Å². The molecule has 0 aliphatic heterocycles. The summed E-state index contributed by atoms with van der Waals surface area (Å²) < 4.78 is 33.5. The first kappa shape index (κ1) is 23.1. The summed E-state index contributed by atoms with van der Waals surface area (Å²) in [6.07, 6.45) is 2.58. The number of sulfone groups is 1. The molecule has 0 fully saturated rings. The lowest BCUT2D eigenvalue weighted by atomic mass is 10.1. The van der Waals surface area contributed by atoms with E-state index in [4.69, 9.17) is 20.8 Å². The van der Waals surface area contributed by atoms with Crippen molar-refractivity contribution in [1.29, 1.82) is 5.26 Å². The molecule has 32 heavy (non-hydrogen) atoms. The van der Waals surface area contributed by atoms with Crippen molar-refractivity contribution in [3.63, 3.8) is 0 Å². The fourth-order valence-electron chi connectivity index (χ4n) is 2.22. The van der Waals surface area contributed by atoms with Gasteiger partial charge in [-0.25, -0.2) is 13.2 Å². The molecule has 0 aliphatic carbocycles. The van der Waals surface area contributed by atoms with E-state index >= 15 is 0 Å². The maximum atomic E-state index is 12.4. The van der Waals surface area contributed by atoms with Crippen molar-refractivity contribution in [2.75, 3.05) is 11.1 Å². The molecular weight excluding hydrogens is 480 g/mol. The van der Waals surface area contributed by atoms with Gasteiger partial charge in [-0.1, -0.05) is 35.9 Å². The fourth-order valence-corrected chi connectivity index (χ4v) is 4.43. The van der Waals surface area contributed by atoms with Crippen LogP contribution in [0.15, 0.2) is 50.9 Å². The molecule has 2 aromatic heterocycles. The number of carbonyl (C=O) groups is 2. The van der Waals surface area contributed by atoms with Crippen LogP contribution >= 0.6 is 22.9 Å². The number of esters is 1. The van der Waals surface area contributed by atoms with Crippen LogP contribution in [0, 0.1) is 11.3 Å². The lowest BCUT2D eigenvalue weighted by Crippen LogP contribution is -2.13. The van der Waals surface area contributed by atoms with Crippen molar-refractivity contribution in [2.24, 2.45) is 0 Å². The number of halogens is 1. The molecule has 13 heteroatoms. The molecule has 0 bridgehead atoms. The van der Waals surface area contributed by atoms with Gasteiger partial charge < -0.3 is 9.15 Å². The van der Waals surface area contributed by atoms with Crippen molar-refractivity contribution in [3.8, 4) is 11.8 Å². The van der Waals surface area contributed by atoms with E-state index in [1.807, 2.05) is 0 Å². The molecule has 0 saturated heterocycles. The number of amides is 1. The Morgan fingerprint density at radius 2 is 2.12 bits per heavy atom. The summed E-state index contributed by atoms with van der Waals surface area (Å²) in [4.78, 5) is 24.3. The molecule has 1 N–H and O–H groups in total. The minimum Gasteiger partial charge on any atom is -0.457 e. The van der Waals surface area contributed by atoms with Crippen LogP contribution in [0.1, 0.15) is 23.0 Å². The summed E-state index contributed by atoms with van der Waals surface area (Å²) in [5.74, 6) is -1.65. The predicted molar refractivity (Wildman–Crippen MR) is 115 cm³/mol. The lowest BCUT2D eigenvalue weighted by Gasteiger charge is -2.06. The number of hydrogen-bond acceptors (Lipinski definition) is 10. The van der Waals surface area contributed by atoms with Crippen LogP contribution in [0.25, 0.3) is 6.08 Å².